The Morgan fingerprint density at radius 1 is 0.362 bits per heavy atom. The molecule has 2 aromatic heterocycles. The molecule has 0 aliphatic carbocycles. The highest BCUT2D eigenvalue weighted by Crippen LogP contribution is 2.40. The Labute approximate surface area is 272 Å². The minimum absolute atomic E-state index is 0.695. The molecule has 47 heavy (non-hydrogen) atoms. The third kappa shape index (κ3) is 4.95. The molecule has 0 unspecified atom stereocenters. The molecule has 0 saturated heterocycles. The maximum absolute atomic E-state index is 6.28. The molecule has 0 spiro atoms. The van der Waals surface area contributed by atoms with E-state index in [1.54, 1.807) is 0 Å². The number of hydrogen-bond donors (Lipinski definition) is 0. The molecule has 3 nitrogen and oxygen atoms in total. The monoisotopic (exact) mass is 600 g/mol. The van der Waals surface area contributed by atoms with Gasteiger partial charge in [0.05, 0.1) is 11.4 Å². The van der Waals surface area contributed by atoms with E-state index in [-0.39, 0.29) is 0 Å². The molecule has 9 aromatic rings. The molecule has 0 aliphatic rings. The zero-order valence-electron chi connectivity index (χ0n) is 25.5. The first-order chi connectivity index (χ1) is 23.3. The first-order valence-corrected chi connectivity index (χ1v) is 15.8. The first kappa shape index (κ1) is 27.0. The number of benzene rings is 7. The summed E-state index contributed by atoms with van der Waals surface area (Å²) in [4.78, 5) is 10.3. The van der Waals surface area contributed by atoms with E-state index in [0.717, 1.165) is 72.3 Å². The quantitative estimate of drug-likeness (QED) is 0.197. The highest BCUT2D eigenvalue weighted by Gasteiger charge is 2.17. The van der Waals surface area contributed by atoms with E-state index in [4.69, 9.17) is 14.4 Å². The van der Waals surface area contributed by atoms with Crippen LogP contribution in [0, 0.1) is 0 Å². The lowest BCUT2D eigenvalue weighted by Gasteiger charge is -2.14. The maximum atomic E-state index is 6.28. The van der Waals surface area contributed by atoms with Crippen LogP contribution in [0.4, 0.5) is 0 Å². The van der Waals surface area contributed by atoms with Gasteiger partial charge in [-0.15, -0.1) is 0 Å². The van der Waals surface area contributed by atoms with Crippen molar-refractivity contribution in [1.82, 2.24) is 9.97 Å². The SMILES string of the molecule is c1ccc(-c2cc(-c3cc(-c4ccc5ccccc5c4)nc(-c4ccccc4)n3)cc(-c3cccc4oc5ccccc5c34)c2)cc1. The molecule has 0 saturated carbocycles. The van der Waals surface area contributed by atoms with Crippen molar-refractivity contribution < 1.29 is 4.42 Å². The number of furan rings is 1. The summed E-state index contributed by atoms with van der Waals surface area (Å²) < 4.78 is 6.28. The Bertz CT molecular complexity index is 2570. The van der Waals surface area contributed by atoms with E-state index in [1.807, 2.05) is 36.4 Å². The Kier molecular flexibility index (Phi) is 6.46. The van der Waals surface area contributed by atoms with Crippen molar-refractivity contribution in [2.75, 3.05) is 0 Å². The fourth-order valence-electron chi connectivity index (χ4n) is 6.55. The maximum Gasteiger partial charge on any atom is 0.160 e. The lowest BCUT2D eigenvalue weighted by molar-refractivity contribution is 0.669. The minimum atomic E-state index is 0.695. The van der Waals surface area contributed by atoms with Crippen molar-refractivity contribution in [2.45, 2.75) is 0 Å². The summed E-state index contributed by atoms with van der Waals surface area (Å²) >= 11 is 0. The van der Waals surface area contributed by atoms with Crippen LogP contribution in [0.5, 0.6) is 0 Å². The summed E-state index contributed by atoms with van der Waals surface area (Å²) in [5.41, 5.74) is 11.1. The van der Waals surface area contributed by atoms with Gasteiger partial charge in [-0.25, -0.2) is 9.97 Å². The van der Waals surface area contributed by atoms with Gasteiger partial charge in [0, 0.05) is 27.5 Å². The van der Waals surface area contributed by atoms with Crippen LogP contribution in [0.15, 0.2) is 174 Å². The zero-order valence-corrected chi connectivity index (χ0v) is 25.5. The van der Waals surface area contributed by atoms with Gasteiger partial charge in [0.2, 0.25) is 0 Å². The molecule has 7 aromatic carbocycles. The molecule has 0 atom stereocenters. The zero-order chi connectivity index (χ0) is 31.2. The largest absolute Gasteiger partial charge is 0.456 e. The van der Waals surface area contributed by atoms with Crippen LogP contribution in [-0.4, -0.2) is 9.97 Å². The molecule has 9 rings (SSSR count). The van der Waals surface area contributed by atoms with E-state index in [9.17, 15) is 0 Å². The number of fused-ring (bicyclic) bond motifs is 4. The van der Waals surface area contributed by atoms with Gasteiger partial charge in [0.1, 0.15) is 11.2 Å². The van der Waals surface area contributed by atoms with Crippen molar-refractivity contribution >= 4 is 32.7 Å². The summed E-state index contributed by atoms with van der Waals surface area (Å²) in [6.45, 7) is 0. The number of aromatic nitrogens is 2. The Balaban J connectivity index is 1.30. The molecule has 0 N–H and O–H groups in total. The van der Waals surface area contributed by atoms with Gasteiger partial charge in [0.25, 0.3) is 0 Å². The van der Waals surface area contributed by atoms with E-state index in [1.165, 1.54) is 10.8 Å². The average Bonchev–Trinajstić information content (AvgIpc) is 3.54. The van der Waals surface area contributed by atoms with Crippen LogP contribution >= 0.6 is 0 Å². The second-order valence-corrected chi connectivity index (χ2v) is 11.8. The lowest BCUT2D eigenvalue weighted by Crippen LogP contribution is -1.96. The van der Waals surface area contributed by atoms with E-state index >= 15 is 0 Å². The van der Waals surface area contributed by atoms with E-state index in [0.29, 0.717) is 5.82 Å². The van der Waals surface area contributed by atoms with Gasteiger partial charge < -0.3 is 4.42 Å². The number of rotatable bonds is 5. The Morgan fingerprint density at radius 2 is 1.00 bits per heavy atom. The molecule has 220 valence electrons. The average molecular weight is 601 g/mol. The molecule has 0 fully saturated rings. The van der Waals surface area contributed by atoms with Crippen LogP contribution in [0.3, 0.4) is 0 Å². The van der Waals surface area contributed by atoms with Gasteiger partial charge >= 0.3 is 0 Å². The Morgan fingerprint density at radius 3 is 1.83 bits per heavy atom. The van der Waals surface area contributed by atoms with Crippen molar-refractivity contribution in [3.63, 3.8) is 0 Å². The molecule has 0 bridgehead atoms. The lowest BCUT2D eigenvalue weighted by atomic mass is 9.92. The number of para-hydroxylation sites is 1. The van der Waals surface area contributed by atoms with Crippen LogP contribution in [0.25, 0.3) is 88.9 Å². The van der Waals surface area contributed by atoms with Crippen LogP contribution in [0.2, 0.25) is 0 Å². The summed E-state index contributed by atoms with van der Waals surface area (Å²) in [6, 6.07) is 59.2. The summed E-state index contributed by atoms with van der Waals surface area (Å²) in [7, 11) is 0. The molecule has 3 heteroatoms. The van der Waals surface area contributed by atoms with Gasteiger partial charge in [-0.2, -0.15) is 0 Å². The van der Waals surface area contributed by atoms with Crippen LogP contribution in [-0.2, 0) is 0 Å². The highest BCUT2D eigenvalue weighted by atomic mass is 16.3. The molecule has 2 heterocycles. The van der Waals surface area contributed by atoms with E-state index < -0.39 is 0 Å². The smallest absolute Gasteiger partial charge is 0.160 e. The predicted molar refractivity (Wildman–Crippen MR) is 194 cm³/mol. The topological polar surface area (TPSA) is 38.9 Å². The third-order valence-electron chi connectivity index (χ3n) is 8.85. The van der Waals surface area contributed by atoms with Crippen molar-refractivity contribution in [2.24, 2.45) is 0 Å². The standard InChI is InChI=1S/C44H28N2O/c1-3-12-29(13-4-1)34-25-35(37-19-11-21-42-43(37)38-18-9-10-20-41(38)47-42)27-36(26-34)40-28-39(45-44(46-40)31-15-5-2-6-16-31)33-23-22-30-14-7-8-17-32(30)24-33/h1-28H. The molecule has 0 aliphatic heterocycles. The first-order valence-electron chi connectivity index (χ1n) is 15.8. The minimum Gasteiger partial charge on any atom is -0.456 e. The van der Waals surface area contributed by atoms with Gasteiger partial charge in [-0.3, -0.25) is 0 Å². The molecule has 0 radical (unpaired) electrons. The van der Waals surface area contributed by atoms with Crippen molar-refractivity contribution in [3.05, 3.63) is 170 Å². The predicted octanol–water partition coefficient (Wildman–Crippen LogP) is 11.9. The van der Waals surface area contributed by atoms with Crippen LogP contribution in [0.1, 0.15) is 0 Å². The van der Waals surface area contributed by atoms with E-state index in [2.05, 4.69) is 133 Å². The number of nitrogens with zero attached hydrogens (tertiary/aromatic N) is 2. The van der Waals surface area contributed by atoms with Crippen molar-refractivity contribution in [3.8, 4) is 56.2 Å². The molecule has 0 amide bonds. The van der Waals surface area contributed by atoms with Crippen molar-refractivity contribution in [1.29, 1.82) is 0 Å². The summed E-state index contributed by atoms with van der Waals surface area (Å²) in [5, 5.41) is 4.61. The van der Waals surface area contributed by atoms with Crippen LogP contribution < -0.4 is 0 Å². The fourth-order valence-corrected chi connectivity index (χ4v) is 6.55. The van der Waals surface area contributed by atoms with Gasteiger partial charge in [0.15, 0.2) is 5.82 Å². The normalized spacial score (nSPS) is 11.4. The second-order valence-electron chi connectivity index (χ2n) is 11.8. The second kappa shape index (κ2) is 11.2. The number of hydrogen-bond acceptors (Lipinski definition) is 3. The molecular weight excluding hydrogens is 572 g/mol. The Hall–Kier alpha value is -6.32. The van der Waals surface area contributed by atoms with Gasteiger partial charge in [-0.1, -0.05) is 127 Å². The fraction of sp³-hybridized carbons (Fsp3) is 0. The highest BCUT2D eigenvalue weighted by molar-refractivity contribution is 6.12. The molecular formula is C44H28N2O. The summed E-state index contributed by atoms with van der Waals surface area (Å²) in [5.74, 6) is 0.695. The summed E-state index contributed by atoms with van der Waals surface area (Å²) in [6.07, 6.45) is 0. The third-order valence-corrected chi connectivity index (χ3v) is 8.85. The van der Waals surface area contributed by atoms with Gasteiger partial charge in [-0.05, 0) is 75.5 Å².